The highest BCUT2D eigenvalue weighted by molar-refractivity contribution is 6.30. The van der Waals surface area contributed by atoms with Gasteiger partial charge in [-0.1, -0.05) is 23.7 Å². The van der Waals surface area contributed by atoms with E-state index in [4.69, 9.17) is 16.3 Å². The molecule has 5 nitrogen and oxygen atoms in total. The van der Waals surface area contributed by atoms with E-state index in [1.54, 1.807) is 30.5 Å². The maximum absolute atomic E-state index is 11.7. The number of anilines is 1. The molecule has 2 aromatic carbocycles. The second kappa shape index (κ2) is 8.53. The Morgan fingerprint density at radius 2 is 1.80 bits per heavy atom. The molecule has 0 radical (unpaired) electrons. The molecule has 1 aliphatic rings. The standard InChI is InChI=1S/C19H20ClN3O2/c20-16-5-9-18(10-6-16)25-14-19(24)22-21-13-15-3-7-17(8-4-15)23-11-1-2-12-23/h3-10,13H,1-2,11-12,14H2,(H,22,24)/b21-13+. The summed E-state index contributed by atoms with van der Waals surface area (Å²) in [5, 5.41) is 4.58. The van der Waals surface area contributed by atoms with Crippen LogP contribution in [0.15, 0.2) is 53.6 Å². The van der Waals surface area contributed by atoms with Crippen LogP contribution in [0.3, 0.4) is 0 Å². The molecule has 1 N–H and O–H groups in total. The Morgan fingerprint density at radius 3 is 2.48 bits per heavy atom. The Kier molecular flexibility index (Phi) is 5.90. The number of hydrogen-bond acceptors (Lipinski definition) is 4. The van der Waals surface area contributed by atoms with Crippen molar-refractivity contribution in [3.8, 4) is 5.75 Å². The van der Waals surface area contributed by atoms with Crippen molar-refractivity contribution in [2.24, 2.45) is 5.10 Å². The number of hydrogen-bond donors (Lipinski definition) is 1. The molecule has 3 rings (SSSR count). The highest BCUT2D eigenvalue weighted by Crippen LogP contribution is 2.20. The first-order chi connectivity index (χ1) is 12.2. The predicted octanol–water partition coefficient (Wildman–Crippen LogP) is 3.47. The van der Waals surface area contributed by atoms with Crippen molar-refractivity contribution in [3.05, 3.63) is 59.1 Å². The normalized spacial score (nSPS) is 14.0. The molecular formula is C19H20ClN3O2. The Morgan fingerprint density at radius 1 is 1.12 bits per heavy atom. The average molecular weight is 358 g/mol. The third-order valence-corrected chi connectivity index (χ3v) is 4.20. The number of rotatable bonds is 6. The van der Waals surface area contributed by atoms with Gasteiger partial charge in [0.2, 0.25) is 0 Å². The van der Waals surface area contributed by atoms with Gasteiger partial charge in [0.25, 0.3) is 5.91 Å². The van der Waals surface area contributed by atoms with E-state index in [0.717, 1.165) is 18.7 Å². The number of ether oxygens (including phenoxy) is 1. The molecule has 2 aromatic rings. The summed E-state index contributed by atoms with van der Waals surface area (Å²) in [6, 6.07) is 15.0. The molecular weight excluding hydrogens is 338 g/mol. The maximum Gasteiger partial charge on any atom is 0.277 e. The zero-order valence-electron chi connectivity index (χ0n) is 13.8. The van der Waals surface area contributed by atoms with E-state index < -0.39 is 0 Å². The van der Waals surface area contributed by atoms with Crippen LogP contribution in [-0.4, -0.2) is 31.8 Å². The Labute approximate surface area is 152 Å². The molecule has 1 aliphatic heterocycles. The number of carbonyl (C=O) groups is 1. The van der Waals surface area contributed by atoms with Crippen LogP contribution in [0.1, 0.15) is 18.4 Å². The Hall–Kier alpha value is -2.53. The lowest BCUT2D eigenvalue weighted by molar-refractivity contribution is -0.123. The molecule has 1 amide bonds. The van der Waals surface area contributed by atoms with Crippen LogP contribution < -0.4 is 15.1 Å². The summed E-state index contributed by atoms with van der Waals surface area (Å²) in [5.41, 5.74) is 4.62. The predicted molar refractivity (Wildman–Crippen MR) is 101 cm³/mol. The van der Waals surface area contributed by atoms with Crippen LogP contribution in [-0.2, 0) is 4.79 Å². The SMILES string of the molecule is O=C(COc1ccc(Cl)cc1)N/N=C/c1ccc(N2CCCC2)cc1. The molecule has 0 atom stereocenters. The average Bonchev–Trinajstić information content (AvgIpc) is 3.16. The molecule has 1 saturated heterocycles. The quantitative estimate of drug-likeness (QED) is 0.636. The van der Waals surface area contributed by atoms with Gasteiger partial charge in [0.15, 0.2) is 6.61 Å². The van der Waals surface area contributed by atoms with Crippen LogP contribution in [0.2, 0.25) is 5.02 Å². The fourth-order valence-electron chi connectivity index (χ4n) is 2.64. The Balaban J connectivity index is 1.44. The van der Waals surface area contributed by atoms with Gasteiger partial charge in [-0.05, 0) is 54.8 Å². The fourth-order valence-corrected chi connectivity index (χ4v) is 2.76. The fraction of sp³-hybridized carbons (Fsp3) is 0.263. The minimum atomic E-state index is -0.320. The van der Waals surface area contributed by atoms with Gasteiger partial charge in [0.05, 0.1) is 6.21 Å². The van der Waals surface area contributed by atoms with Gasteiger partial charge >= 0.3 is 0 Å². The summed E-state index contributed by atoms with van der Waals surface area (Å²) < 4.78 is 5.35. The Bertz CT molecular complexity index is 723. The van der Waals surface area contributed by atoms with Gasteiger partial charge in [-0.25, -0.2) is 5.43 Å². The number of nitrogens with zero attached hydrogens (tertiary/aromatic N) is 2. The number of benzene rings is 2. The number of carbonyl (C=O) groups excluding carboxylic acids is 1. The van der Waals surface area contributed by atoms with E-state index >= 15 is 0 Å². The van der Waals surface area contributed by atoms with E-state index in [9.17, 15) is 4.79 Å². The third-order valence-electron chi connectivity index (χ3n) is 3.95. The van der Waals surface area contributed by atoms with Gasteiger partial charge in [-0.3, -0.25) is 4.79 Å². The summed E-state index contributed by atoms with van der Waals surface area (Å²) in [6.45, 7) is 2.14. The monoisotopic (exact) mass is 357 g/mol. The lowest BCUT2D eigenvalue weighted by Crippen LogP contribution is -2.24. The molecule has 0 bridgehead atoms. The van der Waals surface area contributed by atoms with Gasteiger partial charge < -0.3 is 9.64 Å². The summed E-state index contributed by atoms with van der Waals surface area (Å²) in [6.07, 6.45) is 4.13. The molecule has 1 heterocycles. The molecule has 6 heteroatoms. The highest BCUT2D eigenvalue weighted by atomic mass is 35.5. The van der Waals surface area contributed by atoms with Gasteiger partial charge in [-0.2, -0.15) is 5.10 Å². The van der Waals surface area contributed by atoms with Crippen molar-refractivity contribution in [1.82, 2.24) is 5.43 Å². The minimum absolute atomic E-state index is 0.104. The molecule has 1 fully saturated rings. The van der Waals surface area contributed by atoms with Crippen molar-refractivity contribution in [2.75, 3.05) is 24.6 Å². The number of amides is 1. The summed E-state index contributed by atoms with van der Waals surface area (Å²) in [7, 11) is 0. The minimum Gasteiger partial charge on any atom is -0.484 e. The van der Waals surface area contributed by atoms with Crippen LogP contribution in [0, 0.1) is 0 Å². The molecule has 25 heavy (non-hydrogen) atoms. The number of halogens is 1. The zero-order chi connectivity index (χ0) is 17.5. The van der Waals surface area contributed by atoms with E-state index in [0.29, 0.717) is 10.8 Å². The van der Waals surface area contributed by atoms with E-state index in [1.165, 1.54) is 18.5 Å². The highest BCUT2D eigenvalue weighted by Gasteiger charge is 2.11. The molecule has 0 saturated carbocycles. The van der Waals surface area contributed by atoms with Crippen molar-refractivity contribution >= 4 is 29.4 Å². The van der Waals surface area contributed by atoms with Crippen LogP contribution in [0.25, 0.3) is 0 Å². The van der Waals surface area contributed by atoms with Crippen LogP contribution in [0.5, 0.6) is 5.75 Å². The second-order valence-corrected chi connectivity index (χ2v) is 6.26. The van der Waals surface area contributed by atoms with Crippen LogP contribution >= 0.6 is 11.6 Å². The lowest BCUT2D eigenvalue weighted by atomic mass is 10.2. The van der Waals surface area contributed by atoms with Crippen molar-refractivity contribution < 1.29 is 9.53 Å². The summed E-state index contributed by atoms with van der Waals surface area (Å²) in [4.78, 5) is 14.1. The molecule has 0 aromatic heterocycles. The molecule has 0 unspecified atom stereocenters. The van der Waals surface area contributed by atoms with E-state index in [-0.39, 0.29) is 12.5 Å². The maximum atomic E-state index is 11.7. The first kappa shape index (κ1) is 17.3. The third kappa shape index (κ3) is 5.22. The largest absolute Gasteiger partial charge is 0.484 e. The van der Waals surface area contributed by atoms with Gasteiger partial charge in [0, 0.05) is 23.8 Å². The van der Waals surface area contributed by atoms with E-state index in [2.05, 4.69) is 27.6 Å². The molecule has 130 valence electrons. The van der Waals surface area contributed by atoms with Crippen LogP contribution in [0.4, 0.5) is 5.69 Å². The molecule has 0 spiro atoms. The number of hydrazone groups is 1. The first-order valence-electron chi connectivity index (χ1n) is 8.26. The van der Waals surface area contributed by atoms with Gasteiger partial charge in [-0.15, -0.1) is 0 Å². The van der Waals surface area contributed by atoms with Crippen molar-refractivity contribution in [3.63, 3.8) is 0 Å². The second-order valence-electron chi connectivity index (χ2n) is 5.82. The lowest BCUT2D eigenvalue weighted by Gasteiger charge is -2.17. The molecule has 0 aliphatic carbocycles. The van der Waals surface area contributed by atoms with E-state index in [1.807, 2.05) is 12.1 Å². The first-order valence-corrected chi connectivity index (χ1v) is 8.64. The van der Waals surface area contributed by atoms with Gasteiger partial charge in [0.1, 0.15) is 5.75 Å². The van der Waals surface area contributed by atoms with Crippen molar-refractivity contribution in [1.29, 1.82) is 0 Å². The van der Waals surface area contributed by atoms with Crippen molar-refractivity contribution in [2.45, 2.75) is 12.8 Å². The summed E-state index contributed by atoms with van der Waals surface area (Å²) in [5.74, 6) is 0.265. The zero-order valence-corrected chi connectivity index (χ0v) is 14.6. The topological polar surface area (TPSA) is 53.9 Å². The smallest absolute Gasteiger partial charge is 0.277 e. The number of nitrogens with one attached hydrogen (secondary N) is 1. The summed E-state index contributed by atoms with van der Waals surface area (Å²) >= 11 is 5.79.